The van der Waals surface area contributed by atoms with Gasteiger partial charge in [0, 0.05) is 24.0 Å². The average Bonchev–Trinajstić information content (AvgIpc) is 2.32. The maximum absolute atomic E-state index is 13.1. The first-order chi connectivity index (χ1) is 8.97. The van der Waals surface area contributed by atoms with E-state index in [4.69, 9.17) is 0 Å². The minimum atomic E-state index is -0.610. The third-order valence-corrected chi connectivity index (χ3v) is 3.06. The number of nitro benzene ring substituents is 1. The molecule has 0 bridgehead atoms. The Balaban J connectivity index is 2.23. The molecule has 1 unspecified atom stereocenters. The smallest absolute Gasteiger partial charge is 0.272 e. The SMILES string of the molecule is O=C1CCC(Cc2cc(F)ccc2[N+](=O)[O-])C(=O)N1. The van der Waals surface area contributed by atoms with Gasteiger partial charge in [-0.05, 0) is 25.0 Å². The highest BCUT2D eigenvalue weighted by Gasteiger charge is 2.29. The van der Waals surface area contributed by atoms with E-state index in [1.807, 2.05) is 0 Å². The van der Waals surface area contributed by atoms with Crippen molar-refractivity contribution in [1.29, 1.82) is 0 Å². The number of piperidine rings is 1. The van der Waals surface area contributed by atoms with Crippen molar-refractivity contribution in [2.75, 3.05) is 0 Å². The molecule has 0 radical (unpaired) electrons. The van der Waals surface area contributed by atoms with Gasteiger partial charge in [-0.2, -0.15) is 0 Å². The lowest BCUT2D eigenvalue weighted by Gasteiger charge is -2.20. The van der Waals surface area contributed by atoms with Crippen molar-refractivity contribution in [2.24, 2.45) is 5.92 Å². The normalized spacial score (nSPS) is 19.1. The van der Waals surface area contributed by atoms with Crippen LogP contribution in [0.4, 0.5) is 10.1 Å². The Morgan fingerprint density at radius 2 is 2.16 bits per heavy atom. The molecular weight excluding hydrogens is 255 g/mol. The topological polar surface area (TPSA) is 89.3 Å². The number of nitro groups is 1. The van der Waals surface area contributed by atoms with E-state index < -0.39 is 22.6 Å². The lowest BCUT2D eigenvalue weighted by molar-refractivity contribution is -0.385. The van der Waals surface area contributed by atoms with E-state index in [1.54, 1.807) is 0 Å². The molecule has 0 spiro atoms. The summed E-state index contributed by atoms with van der Waals surface area (Å²) < 4.78 is 13.1. The molecule has 0 aliphatic carbocycles. The Bertz CT molecular complexity index is 559. The number of nitrogens with one attached hydrogen (secondary N) is 1. The van der Waals surface area contributed by atoms with Crippen LogP contribution < -0.4 is 5.32 Å². The molecule has 1 aliphatic rings. The highest BCUT2D eigenvalue weighted by atomic mass is 19.1. The van der Waals surface area contributed by atoms with E-state index in [0.717, 1.165) is 18.2 Å². The van der Waals surface area contributed by atoms with E-state index in [1.165, 1.54) is 0 Å². The summed E-state index contributed by atoms with van der Waals surface area (Å²) in [5.41, 5.74) is -0.0504. The predicted molar refractivity (Wildman–Crippen MR) is 62.6 cm³/mol. The first-order valence-corrected chi connectivity index (χ1v) is 5.74. The summed E-state index contributed by atoms with van der Waals surface area (Å²) >= 11 is 0. The molecule has 1 N–H and O–H groups in total. The Labute approximate surface area is 107 Å². The van der Waals surface area contributed by atoms with E-state index in [0.29, 0.717) is 6.42 Å². The van der Waals surface area contributed by atoms with Crippen molar-refractivity contribution in [2.45, 2.75) is 19.3 Å². The fraction of sp³-hybridized carbons (Fsp3) is 0.333. The van der Waals surface area contributed by atoms with Crippen molar-refractivity contribution < 1.29 is 18.9 Å². The van der Waals surface area contributed by atoms with E-state index in [-0.39, 0.29) is 30.0 Å². The molecule has 1 aromatic carbocycles. The maximum Gasteiger partial charge on any atom is 0.272 e. The monoisotopic (exact) mass is 266 g/mol. The van der Waals surface area contributed by atoms with Crippen molar-refractivity contribution in [1.82, 2.24) is 5.32 Å². The molecule has 1 aliphatic heterocycles. The van der Waals surface area contributed by atoms with Crippen LogP contribution in [0.3, 0.4) is 0 Å². The number of hydrogen-bond donors (Lipinski definition) is 1. The third-order valence-electron chi connectivity index (χ3n) is 3.06. The van der Waals surface area contributed by atoms with Crippen LogP contribution in [-0.4, -0.2) is 16.7 Å². The predicted octanol–water partition coefficient (Wildman–Crippen LogP) is 1.33. The molecule has 0 aromatic heterocycles. The summed E-state index contributed by atoms with van der Waals surface area (Å²) in [6.45, 7) is 0. The van der Waals surface area contributed by atoms with Gasteiger partial charge in [0.1, 0.15) is 5.82 Å². The summed E-state index contributed by atoms with van der Waals surface area (Å²) in [4.78, 5) is 32.8. The molecule has 1 atom stereocenters. The number of halogens is 1. The van der Waals surface area contributed by atoms with Gasteiger partial charge in [0.2, 0.25) is 11.8 Å². The summed E-state index contributed by atoms with van der Waals surface area (Å²) in [6, 6.07) is 3.14. The molecule has 100 valence electrons. The van der Waals surface area contributed by atoms with Crippen molar-refractivity contribution in [3.8, 4) is 0 Å². The molecule has 2 rings (SSSR count). The zero-order valence-corrected chi connectivity index (χ0v) is 9.89. The molecule has 1 fully saturated rings. The summed E-state index contributed by atoms with van der Waals surface area (Å²) in [5, 5.41) is 13.0. The zero-order chi connectivity index (χ0) is 14.0. The standard InChI is InChI=1S/C12H11FN2O4/c13-9-2-3-10(15(18)19)8(6-9)5-7-1-4-11(16)14-12(7)17/h2-3,6-7H,1,4-5H2,(H,14,16,17). The fourth-order valence-electron chi connectivity index (χ4n) is 2.09. The number of nitrogens with zero attached hydrogens (tertiary/aromatic N) is 1. The van der Waals surface area contributed by atoms with Gasteiger partial charge in [0.05, 0.1) is 4.92 Å². The van der Waals surface area contributed by atoms with E-state index >= 15 is 0 Å². The second-order valence-electron chi connectivity index (χ2n) is 4.38. The van der Waals surface area contributed by atoms with Crippen LogP contribution in [0.2, 0.25) is 0 Å². The van der Waals surface area contributed by atoms with Gasteiger partial charge >= 0.3 is 0 Å². The van der Waals surface area contributed by atoms with Gasteiger partial charge in [0.15, 0.2) is 0 Å². The van der Waals surface area contributed by atoms with Gasteiger partial charge in [-0.3, -0.25) is 25.0 Å². The number of rotatable bonds is 3. The Morgan fingerprint density at radius 1 is 1.42 bits per heavy atom. The molecule has 2 amide bonds. The van der Waals surface area contributed by atoms with Crippen LogP contribution >= 0.6 is 0 Å². The Kier molecular flexibility index (Phi) is 3.55. The largest absolute Gasteiger partial charge is 0.296 e. The van der Waals surface area contributed by atoms with E-state index in [9.17, 15) is 24.1 Å². The summed E-state index contributed by atoms with van der Waals surface area (Å²) in [7, 11) is 0. The third kappa shape index (κ3) is 2.93. The Hall–Kier alpha value is -2.31. The van der Waals surface area contributed by atoms with Gasteiger partial charge in [-0.25, -0.2) is 4.39 Å². The first kappa shape index (κ1) is 13.1. The minimum absolute atomic E-state index is 0.0488. The molecule has 1 aromatic rings. The number of benzene rings is 1. The lowest BCUT2D eigenvalue weighted by Crippen LogP contribution is -2.41. The molecule has 1 heterocycles. The summed E-state index contributed by atoms with van der Waals surface area (Å²) in [5.74, 6) is -1.95. The number of carbonyl (C=O) groups excluding carboxylic acids is 2. The van der Waals surface area contributed by atoms with Crippen LogP contribution in [0.15, 0.2) is 18.2 Å². The average molecular weight is 266 g/mol. The number of imide groups is 1. The Morgan fingerprint density at radius 3 is 2.79 bits per heavy atom. The molecule has 6 nitrogen and oxygen atoms in total. The van der Waals surface area contributed by atoms with Gasteiger partial charge in [-0.1, -0.05) is 0 Å². The van der Waals surface area contributed by atoms with Crippen molar-refractivity contribution >= 4 is 17.5 Å². The molecule has 7 heteroatoms. The highest BCUT2D eigenvalue weighted by Crippen LogP contribution is 2.25. The van der Waals surface area contributed by atoms with Crippen LogP contribution in [-0.2, 0) is 16.0 Å². The number of carbonyl (C=O) groups is 2. The minimum Gasteiger partial charge on any atom is -0.296 e. The van der Waals surface area contributed by atoms with Crippen LogP contribution in [0.25, 0.3) is 0 Å². The van der Waals surface area contributed by atoms with Crippen LogP contribution in [0.1, 0.15) is 18.4 Å². The second-order valence-corrected chi connectivity index (χ2v) is 4.38. The quantitative estimate of drug-likeness (QED) is 0.507. The van der Waals surface area contributed by atoms with Crippen molar-refractivity contribution in [3.63, 3.8) is 0 Å². The fourth-order valence-corrected chi connectivity index (χ4v) is 2.09. The number of hydrogen-bond acceptors (Lipinski definition) is 4. The molecule has 19 heavy (non-hydrogen) atoms. The van der Waals surface area contributed by atoms with E-state index in [2.05, 4.69) is 5.32 Å². The molecule has 1 saturated heterocycles. The van der Waals surface area contributed by atoms with Gasteiger partial charge in [-0.15, -0.1) is 0 Å². The molecular formula is C12H11FN2O4. The maximum atomic E-state index is 13.1. The van der Waals surface area contributed by atoms with Gasteiger partial charge in [0.25, 0.3) is 5.69 Å². The highest BCUT2D eigenvalue weighted by molar-refractivity contribution is 5.98. The second kappa shape index (κ2) is 5.13. The van der Waals surface area contributed by atoms with Crippen LogP contribution in [0, 0.1) is 21.8 Å². The van der Waals surface area contributed by atoms with Crippen molar-refractivity contribution in [3.05, 3.63) is 39.7 Å². The first-order valence-electron chi connectivity index (χ1n) is 5.74. The number of amides is 2. The lowest BCUT2D eigenvalue weighted by atomic mass is 9.90. The molecule has 0 saturated carbocycles. The van der Waals surface area contributed by atoms with Gasteiger partial charge < -0.3 is 0 Å². The zero-order valence-electron chi connectivity index (χ0n) is 9.89. The van der Waals surface area contributed by atoms with Crippen LogP contribution in [0.5, 0.6) is 0 Å². The summed E-state index contributed by atoms with van der Waals surface area (Å²) in [6.07, 6.45) is 0.561.